The average Bonchev–Trinajstić information content (AvgIpc) is 3.10. The zero-order chi connectivity index (χ0) is 21.6. The molecule has 9 heteroatoms. The summed E-state index contributed by atoms with van der Waals surface area (Å²) < 4.78 is 10.6. The van der Waals surface area contributed by atoms with Crippen LogP contribution in [0.3, 0.4) is 0 Å². The lowest BCUT2D eigenvalue weighted by Crippen LogP contribution is -2.36. The van der Waals surface area contributed by atoms with Crippen LogP contribution in [-0.2, 0) is 9.47 Å². The number of anilines is 2. The van der Waals surface area contributed by atoms with Gasteiger partial charge in [0.15, 0.2) is 0 Å². The summed E-state index contributed by atoms with van der Waals surface area (Å²) in [5, 5.41) is 14.3. The van der Waals surface area contributed by atoms with E-state index in [1.165, 1.54) is 6.20 Å². The van der Waals surface area contributed by atoms with Crippen molar-refractivity contribution in [1.82, 2.24) is 9.88 Å². The van der Waals surface area contributed by atoms with Crippen LogP contribution in [0, 0.1) is 5.41 Å². The number of esters is 1. The Kier molecular flexibility index (Phi) is 7.41. The topological polar surface area (TPSA) is 117 Å². The predicted molar refractivity (Wildman–Crippen MR) is 112 cm³/mol. The summed E-state index contributed by atoms with van der Waals surface area (Å²) in [5.41, 5.74) is 0.676. The van der Waals surface area contributed by atoms with Crippen LogP contribution in [0.5, 0.6) is 0 Å². The fraction of sp³-hybridized carbons (Fsp3) is 0.600. The summed E-state index contributed by atoms with van der Waals surface area (Å²) in [4.78, 5) is 30.7. The first-order valence-corrected chi connectivity index (χ1v) is 9.89. The lowest BCUT2D eigenvalue weighted by molar-refractivity contribution is 0.0293. The van der Waals surface area contributed by atoms with E-state index < -0.39 is 11.6 Å². The molecule has 0 saturated carbocycles. The molecule has 1 aromatic heterocycles. The van der Waals surface area contributed by atoms with E-state index in [0.29, 0.717) is 43.1 Å². The van der Waals surface area contributed by atoms with Crippen LogP contribution < -0.4 is 10.6 Å². The molecule has 1 amide bonds. The minimum Gasteiger partial charge on any atom is -0.462 e. The number of rotatable bonds is 7. The summed E-state index contributed by atoms with van der Waals surface area (Å²) in [6, 6.07) is -0.0914. The third-order valence-electron chi connectivity index (χ3n) is 4.29. The molecule has 0 aromatic carbocycles. The van der Waals surface area contributed by atoms with Crippen molar-refractivity contribution in [3.05, 3.63) is 17.3 Å². The summed E-state index contributed by atoms with van der Waals surface area (Å²) in [6.45, 7) is 11.0. The van der Waals surface area contributed by atoms with E-state index in [1.54, 1.807) is 11.8 Å². The predicted octanol–water partition coefficient (Wildman–Crippen LogP) is 3.11. The summed E-state index contributed by atoms with van der Waals surface area (Å²) >= 11 is 0. The fourth-order valence-corrected chi connectivity index (χ4v) is 3.07. The minimum absolute atomic E-state index is 0.0914. The van der Waals surface area contributed by atoms with Crippen LogP contribution >= 0.6 is 0 Å². The second kappa shape index (κ2) is 9.58. The molecule has 2 rings (SSSR count). The number of pyridine rings is 1. The Morgan fingerprint density at radius 3 is 2.69 bits per heavy atom. The molecule has 0 radical (unpaired) electrons. The van der Waals surface area contributed by atoms with Gasteiger partial charge in [-0.25, -0.2) is 14.6 Å². The molecular weight excluding hydrogens is 374 g/mol. The van der Waals surface area contributed by atoms with E-state index >= 15 is 0 Å². The molecule has 0 unspecified atom stereocenters. The van der Waals surface area contributed by atoms with Crippen LogP contribution in [0.2, 0.25) is 0 Å². The highest BCUT2D eigenvalue weighted by Crippen LogP contribution is 2.28. The minimum atomic E-state index is -0.557. The summed E-state index contributed by atoms with van der Waals surface area (Å²) in [5.74, 6) is 0.00990. The van der Waals surface area contributed by atoms with Crippen molar-refractivity contribution in [2.24, 2.45) is 0 Å². The van der Waals surface area contributed by atoms with Gasteiger partial charge in [0.1, 0.15) is 17.0 Å². The molecule has 1 aliphatic rings. The SMILES string of the molecule is CCNc1ncc(C(=O)OCC)c(N[C@@H]2CCN(C(=O)OC(C)(C)C)C2)c1C=N. The Bertz CT molecular complexity index is 760. The molecule has 3 N–H and O–H groups in total. The van der Waals surface area contributed by atoms with Gasteiger partial charge in [0, 0.05) is 38.1 Å². The van der Waals surface area contributed by atoms with Gasteiger partial charge in [0.05, 0.1) is 17.9 Å². The van der Waals surface area contributed by atoms with Gasteiger partial charge in [-0.05, 0) is 41.0 Å². The highest BCUT2D eigenvalue weighted by molar-refractivity contribution is 6.03. The number of nitrogens with zero attached hydrogens (tertiary/aromatic N) is 2. The lowest BCUT2D eigenvalue weighted by atomic mass is 10.1. The van der Waals surface area contributed by atoms with Crippen molar-refractivity contribution in [2.45, 2.75) is 52.7 Å². The highest BCUT2D eigenvalue weighted by Gasteiger charge is 2.31. The third-order valence-corrected chi connectivity index (χ3v) is 4.29. The Morgan fingerprint density at radius 1 is 1.38 bits per heavy atom. The van der Waals surface area contributed by atoms with Crippen LogP contribution in [0.4, 0.5) is 16.3 Å². The maximum Gasteiger partial charge on any atom is 0.410 e. The van der Waals surface area contributed by atoms with Crippen molar-refractivity contribution in [3.8, 4) is 0 Å². The first kappa shape index (κ1) is 22.4. The van der Waals surface area contributed by atoms with Gasteiger partial charge in [-0.15, -0.1) is 0 Å². The first-order chi connectivity index (χ1) is 13.7. The molecule has 1 aliphatic heterocycles. The largest absolute Gasteiger partial charge is 0.462 e. The molecule has 0 spiro atoms. The number of likely N-dealkylation sites (tertiary alicyclic amines) is 1. The van der Waals surface area contributed by atoms with E-state index in [0.717, 1.165) is 6.21 Å². The Morgan fingerprint density at radius 2 is 2.10 bits per heavy atom. The van der Waals surface area contributed by atoms with E-state index in [2.05, 4.69) is 15.6 Å². The van der Waals surface area contributed by atoms with Gasteiger partial charge < -0.3 is 30.4 Å². The summed E-state index contributed by atoms with van der Waals surface area (Å²) in [7, 11) is 0. The fourth-order valence-electron chi connectivity index (χ4n) is 3.07. The maximum atomic E-state index is 12.4. The number of carbonyl (C=O) groups is 2. The highest BCUT2D eigenvalue weighted by atomic mass is 16.6. The van der Waals surface area contributed by atoms with E-state index in [9.17, 15) is 9.59 Å². The van der Waals surface area contributed by atoms with Gasteiger partial charge in [-0.3, -0.25) is 0 Å². The van der Waals surface area contributed by atoms with Crippen LogP contribution in [0.25, 0.3) is 0 Å². The van der Waals surface area contributed by atoms with Gasteiger partial charge >= 0.3 is 12.1 Å². The monoisotopic (exact) mass is 405 g/mol. The molecular formula is C20H31N5O4. The zero-order valence-electron chi connectivity index (χ0n) is 17.8. The molecule has 1 fully saturated rings. The van der Waals surface area contributed by atoms with Gasteiger partial charge in [0.25, 0.3) is 0 Å². The number of nitrogens with one attached hydrogen (secondary N) is 3. The number of carbonyl (C=O) groups excluding carboxylic acids is 2. The Labute approximate surface area is 171 Å². The Hall–Kier alpha value is -2.84. The standard InChI is InChI=1S/C20H31N5O4/c1-6-22-17-14(10-21)16(15(11-23-17)18(26)28-7-2)24-13-8-9-25(12-13)19(27)29-20(3,4)5/h10-11,13,21H,6-9,12H2,1-5H3,(H2,22,23,24)/t13-/m1/s1. The molecule has 1 aromatic rings. The van der Waals surface area contributed by atoms with Crippen molar-refractivity contribution in [3.63, 3.8) is 0 Å². The molecule has 1 atom stereocenters. The molecule has 2 heterocycles. The second-order valence-corrected chi connectivity index (χ2v) is 7.76. The number of amides is 1. The molecule has 0 bridgehead atoms. The van der Waals surface area contributed by atoms with Crippen molar-refractivity contribution < 1.29 is 19.1 Å². The number of ether oxygens (including phenoxy) is 2. The maximum absolute atomic E-state index is 12.4. The number of hydrogen-bond acceptors (Lipinski definition) is 8. The molecule has 0 aliphatic carbocycles. The average molecular weight is 405 g/mol. The third kappa shape index (κ3) is 5.82. The van der Waals surface area contributed by atoms with Crippen LogP contribution in [0.1, 0.15) is 57.0 Å². The van der Waals surface area contributed by atoms with Crippen molar-refractivity contribution in [1.29, 1.82) is 5.41 Å². The molecule has 9 nitrogen and oxygen atoms in total. The smallest absolute Gasteiger partial charge is 0.410 e. The van der Waals surface area contributed by atoms with Crippen molar-refractivity contribution in [2.75, 3.05) is 36.9 Å². The van der Waals surface area contributed by atoms with Crippen LogP contribution in [0.15, 0.2) is 6.20 Å². The second-order valence-electron chi connectivity index (χ2n) is 7.76. The van der Waals surface area contributed by atoms with Crippen molar-refractivity contribution >= 4 is 29.8 Å². The van der Waals surface area contributed by atoms with E-state index in [-0.39, 0.29) is 24.3 Å². The normalized spacial score (nSPS) is 16.3. The number of hydrogen-bond donors (Lipinski definition) is 3. The summed E-state index contributed by atoms with van der Waals surface area (Å²) in [6.07, 6.45) is 2.95. The lowest BCUT2D eigenvalue weighted by Gasteiger charge is -2.25. The molecule has 29 heavy (non-hydrogen) atoms. The van der Waals surface area contributed by atoms with Gasteiger partial charge in [-0.1, -0.05) is 0 Å². The molecule has 160 valence electrons. The Balaban J connectivity index is 2.26. The van der Waals surface area contributed by atoms with Gasteiger partial charge in [-0.2, -0.15) is 0 Å². The first-order valence-electron chi connectivity index (χ1n) is 9.89. The quantitative estimate of drug-likeness (QED) is 0.471. The van der Waals surface area contributed by atoms with Gasteiger partial charge in [0.2, 0.25) is 0 Å². The zero-order valence-corrected chi connectivity index (χ0v) is 17.8. The number of aromatic nitrogens is 1. The van der Waals surface area contributed by atoms with Crippen LogP contribution in [-0.4, -0.2) is 66.0 Å². The van der Waals surface area contributed by atoms with E-state index in [1.807, 2.05) is 27.7 Å². The molecule has 1 saturated heterocycles. The van der Waals surface area contributed by atoms with E-state index in [4.69, 9.17) is 14.9 Å².